The maximum absolute atomic E-state index is 13.4. The van der Waals surface area contributed by atoms with Gasteiger partial charge in [-0.3, -0.25) is 13.6 Å². The molecule has 1 aliphatic heterocycles. The lowest BCUT2D eigenvalue weighted by atomic mass is 10.1. The second kappa shape index (κ2) is 17.5. The number of carbonyl (C=O) groups excluding carboxylic acids is 2. The van der Waals surface area contributed by atoms with Crippen molar-refractivity contribution < 1.29 is 66.2 Å². The molecule has 2 aromatic heterocycles. The third-order valence-electron chi connectivity index (χ3n) is 6.90. The van der Waals surface area contributed by atoms with E-state index in [2.05, 4.69) is 15.4 Å². The number of hydrogen-bond acceptors (Lipinski definition) is 16. The van der Waals surface area contributed by atoms with Crippen LogP contribution < -0.4 is 5.32 Å². The van der Waals surface area contributed by atoms with Gasteiger partial charge < -0.3 is 44.0 Å². The average molecular weight is 749 g/mol. The molecule has 0 amide bonds. The van der Waals surface area contributed by atoms with Gasteiger partial charge in [-0.15, -0.1) is 0 Å². The number of benzene rings is 1. The molecule has 0 spiro atoms. The van der Waals surface area contributed by atoms with Gasteiger partial charge in [0, 0.05) is 6.04 Å². The van der Waals surface area contributed by atoms with Crippen molar-refractivity contribution in [3.63, 3.8) is 0 Å². The van der Waals surface area contributed by atoms with Crippen molar-refractivity contribution in [3.05, 3.63) is 53.1 Å². The Kier molecular flexibility index (Phi) is 13.8. The summed E-state index contributed by atoms with van der Waals surface area (Å²) in [6.07, 6.45) is -7.92. The zero-order valence-electron chi connectivity index (χ0n) is 27.8. The summed E-state index contributed by atoms with van der Waals surface area (Å²) in [7, 11) is -4.29. The molecule has 1 fully saturated rings. The van der Waals surface area contributed by atoms with E-state index in [4.69, 9.17) is 49.1 Å². The summed E-state index contributed by atoms with van der Waals surface area (Å²) in [5.74, 6) is -0.362. The molecule has 3 N–H and O–H groups in total. The topological polar surface area (TPSA) is 208 Å². The fourth-order valence-electron chi connectivity index (χ4n) is 4.59. The second-order valence-corrected chi connectivity index (χ2v) is 13.9. The molecule has 0 bridgehead atoms. The van der Waals surface area contributed by atoms with E-state index in [9.17, 15) is 28.8 Å². The predicted octanol–water partition coefficient (Wildman–Crippen LogP) is 5.25. The Hall–Kier alpha value is -3.61. The number of fused-ring (bicyclic) bond motifs is 1. The lowest BCUT2D eigenvalue weighted by molar-refractivity contribution is -0.0691. The average Bonchev–Trinajstić information content (AvgIpc) is 3.56. The molecule has 0 unspecified atom stereocenters. The molecular formula is C30H39ClFN4O13P. The zero-order valence-corrected chi connectivity index (χ0v) is 29.4. The van der Waals surface area contributed by atoms with Crippen LogP contribution in [0.5, 0.6) is 0 Å². The van der Waals surface area contributed by atoms with Crippen LogP contribution in [0.2, 0.25) is 5.15 Å². The molecule has 3 aromatic rings. The smallest absolute Gasteiger partial charge is 0.432 e. The van der Waals surface area contributed by atoms with E-state index < -0.39 is 83.2 Å². The quantitative estimate of drug-likeness (QED) is 0.0739. The first-order chi connectivity index (χ1) is 23.7. The molecule has 3 heterocycles. The molecule has 4 rings (SSSR count). The molecule has 0 aliphatic carbocycles. The highest BCUT2D eigenvalue weighted by Crippen LogP contribution is 2.48. The Morgan fingerprint density at radius 1 is 1.02 bits per heavy atom. The third-order valence-corrected chi connectivity index (χ3v) is 8.59. The Labute approximate surface area is 291 Å². The number of aromatic nitrogens is 3. The molecule has 276 valence electrons. The van der Waals surface area contributed by atoms with Gasteiger partial charge in [0.05, 0.1) is 36.1 Å². The molecule has 20 heteroatoms. The Bertz CT molecular complexity index is 1610. The summed E-state index contributed by atoms with van der Waals surface area (Å²) in [6.45, 7) is 6.06. The summed E-state index contributed by atoms with van der Waals surface area (Å²) < 4.78 is 68.7. The van der Waals surface area contributed by atoms with Gasteiger partial charge in [0.25, 0.3) is 0 Å². The molecule has 1 aromatic carbocycles. The Morgan fingerprint density at radius 2 is 1.62 bits per heavy atom. The van der Waals surface area contributed by atoms with Crippen LogP contribution in [0.4, 0.5) is 19.7 Å². The number of carbonyl (C=O) groups is 2. The number of pyridine rings is 1. The van der Waals surface area contributed by atoms with E-state index >= 15 is 0 Å². The van der Waals surface area contributed by atoms with E-state index in [-0.39, 0.29) is 22.7 Å². The van der Waals surface area contributed by atoms with Crippen molar-refractivity contribution in [1.29, 1.82) is 0 Å². The maximum Gasteiger partial charge on any atom is 0.510 e. The highest BCUT2D eigenvalue weighted by Gasteiger charge is 2.45. The third kappa shape index (κ3) is 10.7. The van der Waals surface area contributed by atoms with Gasteiger partial charge in [-0.05, 0) is 58.4 Å². The Morgan fingerprint density at radius 3 is 2.20 bits per heavy atom. The number of aliphatic hydroxyl groups is 2. The van der Waals surface area contributed by atoms with Crippen molar-refractivity contribution in [2.24, 2.45) is 0 Å². The number of ether oxygens (including phenoxy) is 6. The van der Waals surface area contributed by atoms with Crippen molar-refractivity contribution >= 4 is 48.2 Å². The summed E-state index contributed by atoms with van der Waals surface area (Å²) in [5.41, 5.74) is 1.58. The van der Waals surface area contributed by atoms with Gasteiger partial charge in [0.1, 0.15) is 35.6 Å². The first-order valence-electron chi connectivity index (χ1n) is 15.4. The number of halogens is 2. The minimum absolute atomic E-state index is 0.0969. The van der Waals surface area contributed by atoms with E-state index in [1.165, 1.54) is 23.0 Å². The lowest BCUT2D eigenvalue weighted by Crippen LogP contribution is -2.34. The van der Waals surface area contributed by atoms with Crippen LogP contribution in [0.25, 0.3) is 11.0 Å². The lowest BCUT2D eigenvalue weighted by Gasteiger charge is -2.20. The second-order valence-electron chi connectivity index (χ2n) is 11.5. The number of anilines is 1. The molecular weight excluding hydrogens is 710 g/mol. The van der Waals surface area contributed by atoms with Crippen molar-refractivity contribution in [2.75, 3.05) is 31.9 Å². The predicted molar refractivity (Wildman–Crippen MR) is 173 cm³/mol. The van der Waals surface area contributed by atoms with Gasteiger partial charge >= 0.3 is 19.9 Å². The minimum atomic E-state index is -4.29. The highest BCUT2D eigenvalue weighted by atomic mass is 35.5. The SMILES string of the molecule is CC(C)OC(=O)OCOP(=O)(COC[C@H]1O[C@@H](n2ncc3c(N[C@@H](C)c4ccc(F)cc4)cc(Cl)nc32)[C@H](O)[C@@H]1O)OCOC(=O)OC(C)C. The fraction of sp³-hybridized carbons (Fsp3) is 0.533. The number of rotatable bonds is 16. The first kappa shape index (κ1) is 39.2. The zero-order chi connectivity index (χ0) is 36.6. The van der Waals surface area contributed by atoms with Gasteiger partial charge in [0.15, 0.2) is 11.9 Å². The van der Waals surface area contributed by atoms with Crippen LogP contribution in [0.15, 0.2) is 36.5 Å². The number of nitrogens with zero attached hydrogens (tertiary/aromatic N) is 3. The minimum Gasteiger partial charge on any atom is -0.432 e. The maximum atomic E-state index is 13.4. The largest absolute Gasteiger partial charge is 0.510 e. The van der Waals surface area contributed by atoms with E-state index in [1.807, 2.05) is 6.92 Å². The summed E-state index contributed by atoms with van der Waals surface area (Å²) in [5, 5.41) is 29.9. The standard InChI is InChI=1S/C30H39ClFN4O13P/c1-16(2)47-29(39)43-13-45-50(41,46-14-44-30(40)48-17(3)4)15-42-12-23-25(37)26(38)28(49-23)36-27-21(11-33-36)22(10-24(31)35-27)34-18(5)19-6-8-20(32)9-7-19/h6-11,16-18,23,25-26,28,37-38H,12-15H2,1-5H3,(H,34,35)/t18-,23+,25+,26+,28+/m0/s1. The van der Waals surface area contributed by atoms with Crippen LogP contribution >= 0.6 is 19.2 Å². The highest BCUT2D eigenvalue weighted by molar-refractivity contribution is 7.53. The van der Waals surface area contributed by atoms with E-state index in [1.54, 1.807) is 45.9 Å². The summed E-state index contributed by atoms with van der Waals surface area (Å²) in [4.78, 5) is 27.7. The number of hydrogen-bond donors (Lipinski definition) is 3. The number of nitrogens with one attached hydrogen (secondary N) is 1. The van der Waals surface area contributed by atoms with Gasteiger partial charge in [-0.2, -0.15) is 5.10 Å². The molecule has 1 aliphatic rings. The summed E-state index contributed by atoms with van der Waals surface area (Å²) >= 11 is 6.33. The van der Waals surface area contributed by atoms with Crippen molar-refractivity contribution in [1.82, 2.24) is 14.8 Å². The molecule has 0 radical (unpaired) electrons. The fourth-order valence-corrected chi connectivity index (χ4v) is 5.75. The van der Waals surface area contributed by atoms with Crippen molar-refractivity contribution in [2.45, 2.75) is 77.4 Å². The van der Waals surface area contributed by atoms with Gasteiger partial charge in [-0.25, -0.2) is 23.6 Å². The first-order valence-corrected chi connectivity index (χ1v) is 17.5. The molecule has 0 saturated carbocycles. The Balaban J connectivity index is 1.41. The number of aliphatic hydroxyl groups excluding tert-OH is 2. The monoisotopic (exact) mass is 748 g/mol. The normalized spacial score (nSPS) is 19.9. The van der Waals surface area contributed by atoms with E-state index in [0.717, 1.165) is 5.56 Å². The van der Waals surface area contributed by atoms with Gasteiger partial charge in [0.2, 0.25) is 13.6 Å². The molecule has 17 nitrogen and oxygen atoms in total. The van der Waals surface area contributed by atoms with Crippen LogP contribution in [0.3, 0.4) is 0 Å². The van der Waals surface area contributed by atoms with Gasteiger partial charge in [-0.1, -0.05) is 23.7 Å². The van der Waals surface area contributed by atoms with Crippen LogP contribution in [0, 0.1) is 5.82 Å². The summed E-state index contributed by atoms with van der Waals surface area (Å²) in [6, 6.07) is 7.33. The molecule has 50 heavy (non-hydrogen) atoms. The van der Waals surface area contributed by atoms with Crippen LogP contribution in [0.1, 0.15) is 52.5 Å². The van der Waals surface area contributed by atoms with Crippen LogP contribution in [-0.2, 0) is 42.0 Å². The van der Waals surface area contributed by atoms with E-state index in [0.29, 0.717) is 11.1 Å². The molecule has 5 atom stereocenters. The van der Waals surface area contributed by atoms with Crippen molar-refractivity contribution in [3.8, 4) is 0 Å². The van der Waals surface area contributed by atoms with Crippen LogP contribution in [-0.4, -0.2) is 94.3 Å². The molecule has 1 saturated heterocycles.